The summed E-state index contributed by atoms with van der Waals surface area (Å²) < 4.78 is 0. The Kier molecular flexibility index (Phi) is 1.78. The van der Waals surface area contributed by atoms with Gasteiger partial charge in [0.05, 0.1) is 6.20 Å². The second-order valence-corrected chi connectivity index (χ2v) is 4.00. The fourth-order valence-electron chi connectivity index (χ4n) is 2.16. The molecular weight excluding hydrogens is 186 g/mol. The number of nitrogens with zero attached hydrogens (tertiary/aromatic N) is 2. The van der Waals surface area contributed by atoms with E-state index in [1.54, 1.807) is 0 Å². The van der Waals surface area contributed by atoms with E-state index < -0.39 is 0 Å². The number of aromatic nitrogens is 2. The standard InChI is InChI=1S/C12H13N3/c1-15-5-4-10-6-9(2-3-12(10)15)11-7-13-14-8-11/h2-3,6-8H,4-5H2,1H3,(H,13,14). The van der Waals surface area contributed by atoms with Gasteiger partial charge >= 0.3 is 0 Å². The molecule has 0 fully saturated rings. The Hall–Kier alpha value is -1.77. The van der Waals surface area contributed by atoms with Crippen molar-refractivity contribution in [3.8, 4) is 11.1 Å². The van der Waals surface area contributed by atoms with Crippen molar-refractivity contribution in [1.29, 1.82) is 0 Å². The van der Waals surface area contributed by atoms with Gasteiger partial charge in [0.15, 0.2) is 0 Å². The van der Waals surface area contributed by atoms with Crippen LogP contribution >= 0.6 is 0 Å². The number of benzene rings is 1. The number of hydrogen-bond acceptors (Lipinski definition) is 2. The third kappa shape index (κ3) is 1.31. The van der Waals surface area contributed by atoms with Crippen molar-refractivity contribution >= 4 is 5.69 Å². The second-order valence-electron chi connectivity index (χ2n) is 4.00. The minimum Gasteiger partial charge on any atom is -0.374 e. The van der Waals surface area contributed by atoms with Crippen molar-refractivity contribution < 1.29 is 0 Å². The monoisotopic (exact) mass is 199 g/mol. The third-order valence-corrected chi connectivity index (χ3v) is 3.04. The SMILES string of the molecule is CN1CCc2cc(-c3cn[nH]c3)ccc21. The van der Waals surface area contributed by atoms with Crippen LogP contribution in [0.25, 0.3) is 11.1 Å². The third-order valence-electron chi connectivity index (χ3n) is 3.04. The number of rotatable bonds is 1. The van der Waals surface area contributed by atoms with Crippen LogP contribution in [0.5, 0.6) is 0 Å². The minimum absolute atomic E-state index is 1.13. The highest BCUT2D eigenvalue weighted by atomic mass is 15.1. The molecule has 0 atom stereocenters. The number of hydrogen-bond donors (Lipinski definition) is 1. The van der Waals surface area contributed by atoms with Crippen molar-refractivity contribution in [2.24, 2.45) is 0 Å². The van der Waals surface area contributed by atoms with Crippen LogP contribution < -0.4 is 4.90 Å². The molecule has 0 radical (unpaired) electrons. The molecule has 2 heterocycles. The molecule has 1 aromatic carbocycles. The lowest BCUT2D eigenvalue weighted by molar-refractivity contribution is 0.956. The number of nitrogens with one attached hydrogen (secondary N) is 1. The smallest absolute Gasteiger partial charge is 0.0565 e. The molecule has 0 amide bonds. The summed E-state index contributed by atoms with van der Waals surface area (Å²) in [4.78, 5) is 2.30. The predicted octanol–water partition coefficient (Wildman–Crippen LogP) is 2.07. The van der Waals surface area contributed by atoms with Gasteiger partial charge in [-0.1, -0.05) is 6.07 Å². The largest absolute Gasteiger partial charge is 0.374 e. The first-order chi connectivity index (χ1) is 7.34. The van der Waals surface area contributed by atoms with Crippen LogP contribution in [0.3, 0.4) is 0 Å². The maximum Gasteiger partial charge on any atom is 0.0565 e. The fraction of sp³-hybridized carbons (Fsp3) is 0.250. The van der Waals surface area contributed by atoms with Crippen molar-refractivity contribution in [2.75, 3.05) is 18.5 Å². The van der Waals surface area contributed by atoms with Gasteiger partial charge in [0.2, 0.25) is 0 Å². The van der Waals surface area contributed by atoms with E-state index in [4.69, 9.17) is 0 Å². The van der Waals surface area contributed by atoms with E-state index in [-0.39, 0.29) is 0 Å². The molecule has 15 heavy (non-hydrogen) atoms. The van der Waals surface area contributed by atoms with Gasteiger partial charge in [-0.3, -0.25) is 5.10 Å². The molecule has 0 saturated carbocycles. The van der Waals surface area contributed by atoms with Crippen LogP contribution in [0.15, 0.2) is 30.6 Å². The average molecular weight is 199 g/mol. The lowest BCUT2D eigenvalue weighted by Crippen LogP contribution is -2.12. The van der Waals surface area contributed by atoms with Gasteiger partial charge in [0, 0.05) is 31.0 Å². The summed E-state index contributed by atoms with van der Waals surface area (Å²) in [6, 6.07) is 6.62. The zero-order valence-corrected chi connectivity index (χ0v) is 8.70. The van der Waals surface area contributed by atoms with Gasteiger partial charge < -0.3 is 4.90 Å². The maximum absolute atomic E-state index is 3.97. The molecule has 0 unspecified atom stereocenters. The highest BCUT2D eigenvalue weighted by Crippen LogP contribution is 2.30. The molecule has 1 aromatic heterocycles. The summed E-state index contributed by atoms with van der Waals surface area (Å²) >= 11 is 0. The lowest BCUT2D eigenvalue weighted by atomic mass is 10.0. The van der Waals surface area contributed by atoms with E-state index in [1.165, 1.54) is 16.8 Å². The highest BCUT2D eigenvalue weighted by molar-refractivity contribution is 5.69. The molecule has 76 valence electrons. The van der Waals surface area contributed by atoms with E-state index in [0.29, 0.717) is 0 Å². The predicted molar refractivity (Wildman–Crippen MR) is 61.0 cm³/mol. The molecular formula is C12H13N3. The first-order valence-corrected chi connectivity index (χ1v) is 5.18. The molecule has 0 bridgehead atoms. The van der Waals surface area contributed by atoms with Crippen molar-refractivity contribution in [3.63, 3.8) is 0 Å². The molecule has 0 aliphatic carbocycles. The zero-order valence-electron chi connectivity index (χ0n) is 8.70. The molecule has 3 nitrogen and oxygen atoms in total. The van der Waals surface area contributed by atoms with Crippen molar-refractivity contribution in [2.45, 2.75) is 6.42 Å². The summed E-state index contributed by atoms with van der Waals surface area (Å²) in [5.41, 5.74) is 5.21. The first kappa shape index (κ1) is 8.53. The summed E-state index contributed by atoms with van der Waals surface area (Å²) in [5.74, 6) is 0. The molecule has 1 N–H and O–H groups in total. The molecule has 0 spiro atoms. The normalized spacial score (nSPS) is 14.3. The first-order valence-electron chi connectivity index (χ1n) is 5.18. The Morgan fingerprint density at radius 3 is 3.07 bits per heavy atom. The average Bonchev–Trinajstić information content (AvgIpc) is 2.88. The van der Waals surface area contributed by atoms with Crippen molar-refractivity contribution in [1.82, 2.24) is 10.2 Å². The molecule has 0 saturated heterocycles. The Morgan fingerprint density at radius 1 is 1.33 bits per heavy atom. The summed E-state index contributed by atoms with van der Waals surface area (Å²) in [6.45, 7) is 1.13. The van der Waals surface area contributed by atoms with Crippen LogP contribution in [0, 0.1) is 0 Å². The Labute approximate surface area is 88.7 Å². The number of likely N-dealkylation sites (N-methyl/N-ethyl adjacent to an activating group) is 1. The fourth-order valence-corrected chi connectivity index (χ4v) is 2.16. The van der Waals surface area contributed by atoms with Crippen LogP contribution in [0.4, 0.5) is 5.69 Å². The van der Waals surface area contributed by atoms with Gasteiger partial charge in [-0.15, -0.1) is 0 Å². The number of anilines is 1. The van der Waals surface area contributed by atoms with E-state index in [2.05, 4.69) is 40.3 Å². The van der Waals surface area contributed by atoms with E-state index in [1.807, 2.05) is 12.4 Å². The summed E-state index contributed by atoms with van der Waals surface area (Å²) in [5, 5.41) is 6.82. The van der Waals surface area contributed by atoms with Crippen molar-refractivity contribution in [3.05, 3.63) is 36.2 Å². The van der Waals surface area contributed by atoms with E-state index >= 15 is 0 Å². The summed E-state index contributed by atoms with van der Waals surface area (Å²) in [6.07, 6.45) is 4.94. The maximum atomic E-state index is 3.97. The van der Waals surface area contributed by atoms with Crippen LogP contribution in [-0.2, 0) is 6.42 Å². The van der Waals surface area contributed by atoms with Crippen LogP contribution in [0.2, 0.25) is 0 Å². The Balaban J connectivity index is 2.07. The second kappa shape index (κ2) is 3.12. The number of aromatic amines is 1. The molecule has 1 aliphatic heterocycles. The molecule has 3 heteroatoms. The van der Waals surface area contributed by atoms with E-state index in [9.17, 15) is 0 Å². The molecule has 3 rings (SSSR count). The van der Waals surface area contributed by atoms with Gasteiger partial charge in [0.25, 0.3) is 0 Å². The highest BCUT2D eigenvalue weighted by Gasteiger charge is 2.15. The quantitative estimate of drug-likeness (QED) is 0.762. The van der Waals surface area contributed by atoms with Gasteiger partial charge in [0.1, 0.15) is 0 Å². The number of H-pyrrole nitrogens is 1. The minimum atomic E-state index is 1.13. The van der Waals surface area contributed by atoms with Crippen LogP contribution in [0.1, 0.15) is 5.56 Å². The van der Waals surface area contributed by atoms with E-state index in [0.717, 1.165) is 18.5 Å². The van der Waals surface area contributed by atoms with Gasteiger partial charge in [-0.2, -0.15) is 5.10 Å². The topological polar surface area (TPSA) is 31.9 Å². The van der Waals surface area contributed by atoms with Crippen LogP contribution in [-0.4, -0.2) is 23.8 Å². The molecule has 1 aliphatic rings. The zero-order chi connectivity index (χ0) is 10.3. The molecule has 2 aromatic rings. The van der Waals surface area contributed by atoms with Gasteiger partial charge in [-0.25, -0.2) is 0 Å². The number of fused-ring (bicyclic) bond motifs is 1. The van der Waals surface area contributed by atoms with Gasteiger partial charge in [-0.05, 0) is 29.7 Å². The Morgan fingerprint density at radius 2 is 2.27 bits per heavy atom. The summed E-state index contributed by atoms with van der Waals surface area (Å²) in [7, 11) is 2.14. The Bertz CT molecular complexity index is 474. The lowest BCUT2D eigenvalue weighted by Gasteiger charge is -2.11.